The van der Waals surface area contributed by atoms with E-state index in [1.54, 1.807) is 0 Å². The van der Waals surface area contributed by atoms with Crippen molar-refractivity contribution in [1.29, 1.82) is 0 Å². The van der Waals surface area contributed by atoms with Gasteiger partial charge in [-0.25, -0.2) is 0 Å². The van der Waals surface area contributed by atoms with Crippen LogP contribution in [0, 0.1) is 0 Å². The molecule has 0 saturated heterocycles. The van der Waals surface area contributed by atoms with Gasteiger partial charge in [0.25, 0.3) is 0 Å². The van der Waals surface area contributed by atoms with Crippen LogP contribution in [0.2, 0.25) is 0 Å². The van der Waals surface area contributed by atoms with Gasteiger partial charge in [-0.1, -0.05) is 10.4 Å². The summed E-state index contributed by atoms with van der Waals surface area (Å²) < 4.78 is 0. The van der Waals surface area contributed by atoms with Gasteiger partial charge in [0.1, 0.15) is 0 Å². The number of nitrogens with zero attached hydrogens (tertiary/aromatic N) is 76. The third-order valence-corrected chi connectivity index (χ3v) is 3.02. The summed E-state index contributed by atoms with van der Waals surface area (Å²) in [4.78, 5) is 0. The number of nitrogens with two attached hydrogens (primary N) is 2. The lowest BCUT2D eigenvalue weighted by Gasteiger charge is -1.70. The van der Waals surface area contributed by atoms with Gasteiger partial charge in [-0.3, -0.25) is 0 Å². The minimum absolute atomic E-state index is 2.75. The lowest BCUT2D eigenvalue weighted by Crippen LogP contribution is -1.70. The standard InChI is InChI=1S/H4N78/c1-3-5-7-9-11-13-15-17-19-21-23-25-27-29-31-33-35-37-39-41-43-45-47-49-51-53-55-57-59-61-63-65-67-69-71-73-75-77-78-76-74-72-70-68-66-64-62-60-58-56-54-52-50-48-46-44-42-40-38-36-34-32-30-28-26-24-22-20-18-16-14-12-10-8-6-4-2/h(H2,1,4,5,8,9,12,13,16,17,20,21,24,25,28,29,32,33,36,37,40,41,44,45,48,49,52,53,56,57,60,61,64,65,68,69,72,73,76,77)(H2,2,3,6,7,10,11,14,15,18,19,22,23,26,27,30,31,34,35,38,39,42,43,46,47,50,51,54,55,58,59,62,63,66,67,70,71,74,75,78). The highest BCUT2D eigenvalue weighted by Gasteiger charge is 1.78. The van der Waals surface area contributed by atoms with Gasteiger partial charge in [0.05, 0.1) is 0 Å². The number of rotatable bonds is 37. The molecule has 78 heteroatoms. The smallest absolute Gasteiger partial charge is 0 e. The van der Waals surface area contributed by atoms with Crippen LogP contribution in [0.1, 0.15) is 0 Å². The molecular formula is H4N78. The predicted molar refractivity (Wildman–Crippen MR) is 193 cm³/mol. The Bertz CT molecular complexity index is 2530. The summed E-state index contributed by atoms with van der Waals surface area (Å²) in [5.74, 6) is 9.26. The first-order valence-corrected chi connectivity index (χ1v) is 15.5. The molecule has 0 aromatic heterocycles. The lowest BCUT2D eigenvalue weighted by atomic mass is 12.3. The second-order valence-electron chi connectivity index (χ2n) is 6.85. The Morgan fingerprint density at radius 2 is 0.103 bits per heavy atom. The molecule has 0 saturated carbocycles. The maximum atomic E-state index is 4.63. The maximum absolute atomic E-state index is 4.63. The van der Waals surface area contributed by atoms with Crippen LogP contribution in [-0.2, 0) is 0 Å². The van der Waals surface area contributed by atoms with E-state index >= 15 is 0 Å². The SMILES string of the molecule is N/N=N/N=N/N=N/N=N/N=N/N=N/N=N/N=N/N=N/N=N/N=N/N=N/N=N/N=N/N=N/N=N/N=N/N=N/N=N/N=N/N=N/N=N/N=N/N=N/N=N/N=N/N=N/N=N/N=N/N=N/N=N/N=N/N=N/N=N/N=N/N=N/N=N/N=N/N. The fourth-order valence-electron chi connectivity index (χ4n) is 1.33. The predicted octanol–water partition coefficient (Wildman–Crippen LogP) is 12.8. The quantitative estimate of drug-likeness (QED) is 0.0348. The maximum Gasteiger partial charge on any atom is 0 e. The van der Waals surface area contributed by atoms with Gasteiger partial charge < -0.3 is 11.7 Å². The molecule has 78 nitrogen and oxygen atoms in total. The van der Waals surface area contributed by atoms with Gasteiger partial charge in [-0.05, 0) is 73.1 Å². The summed E-state index contributed by atoms with van der Waals surface area (Å²) in [7, 11) is 0. The average Bonchev–Trinajstić information content (AvgIpc) is 3.45. The Kier molecular flexibility index (Phi) is 49.1. The zero-order chi connectivity index (χ0) is 55.7. The van der Waals surface area contributed by atoms with Gasteiger partial charge in [-0.2, -0.15) is 0 Å². The van der Waals surface area contributed by atoms with Gasteiger partial charge in [0, 0.05) is 313 Å². The summed E-state index contributed by atoms with van der Waals surface area (Å²) in [6, 6.07) is 0. The Labute approximate surface area is 409 Å². The highest BCUT2D eigenvalue weighted by molar-refractivity contribution is 4.20. The Hall–Kier alpha value is -15.6. The molecule has 0 atom stereocenters. The van der Waals surface area contributed by atoms with Crippen LogP contribution in [0.25, 0.3) is 0 Å². The molecule has 0 bridgehead atoms. The third kappa shape index (κ3) is 60.4. The molecule has 0 aliphatic carbocycles. The van der Waals surface area contributed by atoms with Crippen molar-refractivity contribution >= 4 is 0 Å². The molecule has 4 N–H and O–H groups in total. The monoisotopic (exact) mass is 1100 g/mol. The van der Waals surface area contributed by atoms with E-state index in [0.717, 1.165) is 0 Å². The summed E-state index contributed by atoms with van der Waals surface area (Å²) in [5.41, 5.74) is 0. The van der Waals surface area contributed by atoms with E-state index in [0.29, 0.717) is 0 Å². The molecule has 0 unspecified atom stereocenters. The van der Waals surface area contributed by atoms with Gasteiger partial charge in [-0.15, -0.1) is 0 Å². The molecule has 0 aliphatic heterocycles. The molecule has 0 aromatic carbocycles. The second kappa shape index (κ2) is 61.4. The van der Waals surface area contributed by atoms with Crippen molar-refractivity contribution in [2.45, 2.75) is 0 Å². The summed E-state index contributed by atoms with van der Waals surface area (Å²) in [6.07, 6.45) is 0. The Balaban J connectivity index is 4.10. The largest absolute Gasteiger partial charge is 0.303 e. The number of hydrogen-bond donors (Lipinski definition) is 2. The van der Waals surface area contributed by atoms with Crippen molar-refractivity contribution in [3.8, 4) is 0 Å². The van der Waals surface area contributed by atoms with Crippen LogP contribution >= 0.6 is 0 Å². The van der Waals surface area contributed by atoms with E-state index in [-0.39, 0.29) is 0 Å². The molecule has 0 rings (SSSR count). The fraction of sp³-hybridized carbons (Fsp3) is 0. The minimum Gasteiger partial charge on any atom is -0.303 e. The van der Waals surface area contributed by atoms with E-state index in [9.17, 15) is 0 Å². The van der Waals surface area contributed by atoms with E-state index in [1.165, 1.54) is 0 Å². The van der Waals surface area contributed by atoms with E-state index in [1.807, 2.05) is 0 Å². The number of hydrogen-bond acceptors (Lipinski definition) is 2. The van der Waals surface area contributed by atoms with Gasteiger partial charge >= 0.3 is 0 Å². The molecule has 394 valence electrons. The normalized spacial score (nSPS) is 15.6. The van der Waals surface area contributed by atoms with Crippen LogP contribution in [0.4, 0.5) is 0 Å². The van der Waals surface area contributed by atoms with Crippen LogP contribution < -0.4 is 11.7 Å². The first-order chi connectivity index (χ1) is 38.9. The molecule has 0 fully saturated rings. The van der Waals surface area contributed by atoms with Crippen molar-refractivity contribution in [3.63, 3.8) is 0 Å². The average molecular weight is 1100 g/mol. The molecule has 78 heavy (non-hydrogen) atoms. The molecule has 0 radical (unpaired) electrons. The van der Waals surface area contributed by atoms with Crippen LogP contribution in [0.5, 0.6) is 0 Å². The summed E-state index contributed by atoms with van der Waals surface area (Å²) >= 11 is 0. The lowest BCUT2D eigenvalue weighted by molar-refractivity contribution is 0.723. The molecule has 0 spiro atoms. The fourth-order valence-corrected chi connectivity index (χ4v) is 1.33. The Morgan fingerprint density at radius 1 is 0.0641 bits per heavy atom. The van der Waals surface area contributed by atoms with Crippen molar-refractivity contribution in [1.82, 2.24) is 0 Å². The topological polar surface area (TPSA) is 991 Å². The van der Waals surface area contributed by atoms with E-state index in [2.05, 4.69) is 409 Å². The van der Waals surface area contributed by atoms with Gasteiger partial charge in [0.15, 0.2) is 0 Å². The molecule has 0 aliphatic rings. The molecular weight excluding hydrogens is 1090 g/mol. The van der Waals surface area contributed by atoms with E-state index in [4.69, 9.17) is 0 Å². The molecule has 0 heterocycles. The summed E-state index contributed by atoms with van der Waals surface area (Å²) in [5, 5.41) is 227. The first-order valence-electron chi connectivity index (χ1n) is 15.5. The molecule has 0 amide bonds. The Morgan fingerprint density at radius 3 is 0.141 bits per heavy atom. The van der Waals surface area contributed by atoms with Crippen molar-refractivity contribution < 1.29 is 0 Å². The van der Waals surface area contributed by atoms with E-state index < -0.39 is 0 Å². The van der Waals surface area contributed by atoms with Crippen LogP contribution in [0.3, 0.4) is 0 Å². The zero-order valence-corrected chi connectivity index (χ0v) is 35.1. The second-order valence-corrected chi connectivity index (χ2v) is 6.85. The van der Waals surface area contributed by atoms with Crippen molar-refractivity contribution in [2.75, 3.05) is 0 Å². The highest BCUT2D eigenvalue weighted by atomic mass is 15.8. The van der Waals surface area contributed by atoms with Gasteiger partial charge in [0.2, 0.25) is 0 Å². The van der Waals surface area contributed by atoms with Crippen LogP contribution in [-0.4, -0.2) is 0 Å². The zero-order valence-electron chi connectivity index (χ0n) is 35.1. The van der Waals surface area contributed by atoms with Crippen molar-refractivity contribution in [3.05, 3.63) is 0 Å². The first kappa shape index (κ1) is 62.4. The van der Waals surface area contributed by atoms with Crippen molar-refractivity contribution in [2.24, 2.45) is 409 Å². The minimum atomic E-state index is 2.75. The molecule has 0 aromatic rings. The third-order valence-electron chi connectivity index (χ3n) is 3.02. The highest BCUT2D eigenvalue weighted by Crippen LogP contribution is 1.96. The van der Waals surface area contributed by atoms with Crippen LogP contribution in [0.15, 0.2) is 397 Å². The summed E-state index contributed by atoms with van der Waals surface area (Å²) in [6.45, 7) is 0.